The van der Waals surface area contributed by atoms with Crippen LogP contribution in [-0.2, 0) is 5.41 Å². The highest BCUT2D eigenvalue weighted by atomic mass is 15.2. The van der Waals surface area contributed by atoms with Crippen molar-refractivity contribution in [3.63, 3.8) is 0 Å². The summed E-state index contributed by atoms with van der Waals surface area (Å²) in [6.45, 7) is 0. The fraction of sp³-hybridized carbons (Fsp3) is 0.0476. The molecule has 1 fully saturated rings. The summed E-state index contributed by atoms with van der Waals surface area (Å²) in [6.07, 6.45) is 5.67. The molecule has 0 spiro atoms. The van der Waals surface area contributed by atoms with Gasteiger partial charge in [-0.05, 0) is 281 Å². The quantitative estimate of drug-likeness (QED) is 0.0598. The molecule has 1 saturated carbocycles. The summed E-state index contributed by atoms with van der Waals surface area (Å²) in [6, 6.07) is 191. The lowest BCUT2D eigenvalue weighted by Crippen LogP contribution is -2.30. The normalized spacial score (nSPS) is 12.2. The molecule has 4 nitrogen and oxygen atoms in total. The van der Waals surface area contributed by atoms with Crippen LogP contribution in [0.1, 0.15) is 43.2 Å². The van der Waals surface area contributed by atoms with Gasteiger partial charge in [0.25, 0.3) is 0 Å². The molecule has 0 bridgehead atoms. The molecule has 130 heavy (non-hydrogen) atoms. The first kappa shape index (κ1) is 80.7. The Balaban J connectivity index is 0.573. The van der Waals surface area contributed by atoms with Gasteiger partial charge in [-0.1, -0.05) is 395 Å². The van der Waals surface area contributed by atoms with Crippen molar-refractivity contribution in [1.82, 2.24) is 0 Å². The Morgan fingerprint density at radius 2 is 0.223 bits per heavy atom. The third-order valence-electron chi connectivity index (χ3n) is 26.1. The molecular weight excluding hydrogens is 1570 g/mol. The van der Waals surface area contributed by atoms with Crippen molar-refractivity contribution in [2.45, 2.75) is 37.5 Å². The first-order valence-corrected chi connectivity index (χ1v) is 45.4. The summed E-state index contributed by atoms with van der Waals surface area (Å²) in [5.41, 5.74) is 39.2. The van der Waals surface area contributed by atoms with Gasteiger partial charge in [-0.15, -0.1) is 0 Å². The van der Waals surface area contributed by atoms with Crippen LogP contribution in [0.2, 0.25) is 0 Å². The summed E-state index contributed by atoms with van der Waals surface area (Å²) in [5.74, 6) is 0. The van der Waals surface area contributed by atoms with E-state index in [9.17, 15) is 0 Å². The van der Waals surface area contributed by atoms with Gasteiger partial charge in [-0.2, -0.15) is 0 Å². The van der Waals surface area contributed by atoms with Crippen molar-refractivity contribution in [2.75, 3.05) is 19.6 Å². The largest absolute Gasteiger partial charge is 0.311 e. The second-order valence-electron chi connectivity index (χ2n) is 33.9. The Morgan fingerprint density at radius 1 is 0.108 bits per heavy atom. The number of benzene rings is 20. The average Bonchev–Trinajstić information content (AvgIpc) is 0.755. The van der Waals surface area contributed by atoms with Crippen molar-refractivity contribution in [1.29, 1.82) is 0 Å². The number of rotatable bonds is 24. The molecule has 620 valence electrons. The Labute approximate surface area is 764 Å². The van der Waals surface area contributed by atoms with E-state index in [1.807, 2.05) is 0 Å². The minimum atomic E-state index is -0.187. The molecule has 0 radical (unpaired) electrons. The summed E-state index contributed by atoms with van der Waals surface area (Å²) in [4.78, 5) is 9.52. The zero-order valence-corrected chi connectivity index (χ0v) is 72.5. The molecule has 0 atom stereocenters. The van der Waals surface area contributed by atoms with Gasteiger partial charge >= 0.3 is 0 Å². The van der Waals surface area contributed by atoms with Gasteiger partial charge in [-0.25, -0.2) is 0 Å². The van der Waals surface area contributed by atoms with E-state index in [-0.39, 0.29) is 5.41 Å². The van der Waals surface area contributed by atoms with Crippen LogP contribution in [0.5, 0.6) is 0 Å². The summed E-state index contributed by atoms with van der Waals surface area (Å²) in [5, 5.41) is 0. The molecule has 1 aliphatic carbocycles. The Kier molecular flexibility index (Phi) is 23.0. The fourth-order valence-corrected chi connectivity index (χ4v) is 19.1. The highest BCUT2D eigenvalue weighted by Gasteiger charge is 2.36. The third kappa shape index (κ3) is 17.2. The number of para-hydroxylation sites is 2. The van der Waals surface area contributed by atoms with E-state index in [0.717, 1.165) is 116 Å². The van der Waals surface area contributed by atoms with Gasteiger partial charge in [0.1, 0.15) is 0 Å². The predicted molar refractivity (Wildman–Crippen MR) is 550 cm³/mol. The van der Waals surface area contributed by atoms with Gasteiger partial charge in [0.15, 0.2) is 0 Å². The molecule has 1 aliphatic rings. The molecule has 0 heterocycles. The zero-order valence-electron chi connectivity index (χ0n) is 72.5. The van der Waals surface area contributed by atoms with Crippen LogP contribution in [0.15, 0.2) is 522 Å². The molecule has 0 N–H and O–H groups in total. The molecule has 21 rings (SSSR count). The van der Waals surface area contributed by atoms with Crippen LogP contribution in [0.4, 0.5) is 68.2 Å². The molecule has 0 aromatic heterocycles. The van der Waals surface area contributed by atoms with E-state index in [0.29, 0.717) is 0 Å². The maximum absolute atomic E-state index is 2.43. The summed E-state index contributed by atoms with van der Waals surface area (Å²) >= 11 is 0. The minimum Gasteiger partial charge on any atom is -0.311 e. The molecular formula is C126H96N4. The van der Waals surface area contributed by atoms with E-state index >= 15 is 0 Å². The first-order chi connectivity index (χ1) is 64.4. The van der Waals surface area contributed by atoms with E-state index in [2.05, 4.69) is 541 Å². The lowest BCUT2D eigenvalue weighted by Gasteiger charge is -2.39. The van der Waals surface area contributed by atoms with E-state index < -0.39 is 0 Å². The van der Waals surface area contributed by atoms with Gasteiger partial charge in [0, 0.05) is 73.7 Å². The van der Waals surface area contributed by atoms with Crippen LogP contribution in [-0.4, -0.2) is 0 Å². The lowest BCUT2D eigenvalue weighted by atomic mass is 9.65. The monoisotopic (exact) mass is 1660 g/mol. The smallest absolute Gasteiger partial charge is 0.0462 e. The van der Waals surface area contributed by atoms with Crippen molar-refractivity contribution in [3.8, 4) is 111 Å². The van der Waals surface area contributed by atoms with Crippen LogP contribution >= 0.6 is 0 Å². The van der Waals surface area contributed by atoms with Crippen LogP contribution < -0.4 is 19.6 Å². The number of hydrogen-bond donors (Lipinski definition) is 0. The summed E-state index contributed by atoms with van der Waals surface area (Å²) < 4.78 is 0. The van der Waals surface area contributed by atoms with Crippen molar-refractivity contribution in [2.24, 2.45) is 0 Å². The first-order valence-electron chi connectivity index (χ1n) is 45.4. The summed E-state index contributed by atoms with van der Waals surface area (Å²) in [7, 11) is 0. The second kappa shape index (κ2) is 37.0. The highest BCUT2D eigenvalue weighted by Crippen LogP contribution is 2.49. The second-order valence-corrected chi connectivity index (χ2v) is 33.9. The van der Waals surface area contributed by atoms with Crippen molar-refractivity contribution < 1.29 is 0 Å². The molecule has 0 amide bonds. The van der Waals surface area contributed by atoms with E-state index in [1.165, 1.54) is 107 Å². The molecule has 0 aliphatic heterocycles. The van der Waals surface area contributed by atoms with E-state index in [4.69, 9.17) is 0 Å². The van der Waals surface area contributed by atoms with Crippen molar-refractivity contribution >= 4 is 68.2 Å². The molecule has 0 saturated heterocycles. The maximum Gasteiger partial charge on any atom is 0.0462 e. The molecule has 20 aromatic rings. The Morgan fingerprint density at radius 3 is 0.377 bits per heavy atom. The molecule has 20 aromatic carbocycles. The zero-order chi connectivity index (χ0) is 86.8. The number of hydrogen-bond acceptors (Lipinski definition) is 4. The standard InChI is InChI=1S/C126H96N4/c1-8-22-92(23-9-1)96-34-42-100(43-35-96)104-50-70-116(71-51-104)127(114-30-16-5-17-31-114)118-74-58-108(59-75-118)110-62-82-122(83-63-110)129(120-78-54-106(55-79-120)102-46-38-98(39-47-102)94-26-12-3-13-27-94)124-86-66-112(67-87-124)126(90-20-7-21-91-126)113-68-88-125(89-69-113)130(121-80-56-107(57-81-121)103-48-40-99(41-49-103)95-28-14-4-15-29-95)123-84-64-111(65-85-123)109-60-76-119(77-61-109)128(115-32-18-6-19-33-115)117-72-52-105(53-73-117)101-44-36-97(37-45-101)93-24-10-2-11-25-93/h1-6,8-19,22-89H,7,20-21,90-91H2. The molecule has 4 heteroatoms. The topological polar surface area (TPSA) is 13.0 Å². The number of nitrogens with zero attached hydrogens (tertiary/aromatic N) is 4. The SMILES string of the molecule is c1ccc(-c2ccc(-c3ccc(N(c4ccccc4)c4ccc(-c5ccc(N(c6ccc(-c7ccc(-c8ccccc8)cc7)cc6)c6ccc(C7(c8ccc(N(c9ccc(-c%10ccc(-c%11ccccc%11)cc%10)cc9)c9ccc(-c%10ccc(N(c%11ccccc%11)c%11ccc(-c%12ccc(-c%13ccccc%13)cc%12)cc%11)cc%10)cc9)cc8)CCCCC7)cc6)cc5)cc4)cc3)cc2)cc1. The van der Waals surface area contributed by atoms with Crippen LogP contribution in [0, 0.1) is 0 Å². The van der Waals surface area contributed by atoms with E-state index in [1.54, 1.807) is 0 Å². The highest BCUT2D eigenvalue weighted by molar-refractivity contribution is 5.87. The Bertz CT molecular complexity index is 6670. The van der Waals surface area contributed by atoms with Crippen molar-refractivity contribution in [3.05, 3.63) is 533 Å². The maximum atomic E-state index is 2.43. The van der Waals surface area contributed by atoms with Gasteiger partial charge in [0.05, 0.1) is 0 Å². The predicted octanol–water partition coefficient (Wildman–Crippen LogP) is 35.5. The van der Waals surface area contributed by atoms with Gasteiger partial charge in [0.2, 0.25) is 0 Å². The lowest BCUT2D eigenvalue weighted by molar-refractivity contribution is 0.346. The average molecular weight is 1670 g/mol. The van der Waals surface area contributed by atoms with Gasteiger partial charge < -0.3 is 19.6 Å². The van der Waals surface area contributed by atoms with Crippen LogP contribution in [0.3, 0.4) is 0 Å². The molecule has 0 unspecified atom stereocenters. The fourth-order valence-electron chi connectivity index (χ4n) is 19.1. The van der Waals surface area contributed by atoms with Crippen LogP contribution in [0.25, 0.3) is 111 Å². The van der Waals surface area contributed by atoms with Gasteiger partial charge in [-0.3, -0.25) is 0 Å². The number of anilines is 12. The Hall–Kier alpha value is -16.4. The third-order valence-corrected chi connectivity index (χ3v) is 26.1. The minimum absolute atomic E-state index is 0.187.